The second-order valence-electron chi connectivity index (χ2n) is 3.24. The van der Waals surface area contributed by atoms with Gasteiger partial charge < -0.3 is 9.84 Å². The third kappa shape index (κ3) is 4.22. The van der Waals surface area contributed by atoms with Crippen LogP contribution in [0.25, 0.3) is 0 Å². The topological polar surface area (TPSA) is 105 Å². The van der Waals surface area contributed by atoms with E-state index in [1.807, 2.05) is 0 Å². The van der Waals surface area contributed by atoms with E-state index in [2.05, 4.69) is 9.46 Å². The van der Waals surface area contributed by atoms with Crippen LogP contribution in [0.2, 0.25) is 0 Å². The van der Waals surface area contributed by atoms with Gasteiger partial charge in [-0.15, -0.1) is 0 Å². The molecule has 18 heavy (non-hydrogen) atoms. The van der Waals surface area contributed by atoms with Crippen molar-refractivity contribution in [3.8, 4) is 0 Å². The van der Waals surface area contributed by atoms with E-state index >= 15 is 0 Å². The molecule has 1 rings (SSSR count). The highest BCUT2D eigenvalue weighted by Gasteiger charge is 2.16. The van der Waals surface area contributed by atoms with Crippen molar-refractivity contribution in [2.45, 2.75) is 13.5 Å². The number of anilines is 1. The summed E-state index contributed by atoms with van der Waals surface area (Å²) in [5.74, 6) is 0. The van der Waals surface area contributed by atoms with E-state index < -0.39 is 16.3 Å². The maximum Gasteiger partial charge on any atom is 0.422 e. The Morgan fingerprint density at radius 3 is 2.67 bits per heavy atom. The number of aliphatic hydroxyl groups excluding tert-OH is 1. The fourth-order valence-corrected chi connectivity index (χ4v) is 2.02. The van der Waals surface area contributed by atoms with Crippen LogP contribution in [0.5, 0.6) is 0 Å². The van der Waals surface area contributed by atoms with Gasteiger partial charge in [0, 0.05) is 5.56 Å². The molecule has 0 atom stereocenters. The highest BCUT2D eigenvalue weighted by molar-refractivity contribution is 7.91. The van der Waals surface area contributed by atoms with Gasteiger partial charge in [0.25, 0.3) is 0 Å². The van der Waals surface area contributed by atoms with Crippen LogP contribution in [-0.4, -0.2) is 26.2 Å². The number of carbonyl (C=O) groups excluding carboxylic acids is 1. The minimum atomic E-state index is -4.07. The normalized spacial score (nSPS) is 10.8. The van der Waals surface area contributed by atoms with Crippen LogP contribution >= 0.6 is 0 Å². The number of nitrogens with one attached hydrogen (secondary N) is 2. The van der Waals surface area contributed by atoms with Gasteiger partial charge >= 0.3 is 16.3 Å². The lowest BCUT2D eigenvalue weighted by Gasteiger charge is -2.11. The monoisotopic (exact) mass is 274 g/mol. The molecule has 3 N–H and O–H groups in total. The van der Waals surface area contributed by atoms with Crippen molar-refractivity contribution >= 4 is 22.0 Å². The van der Waals surface area contributed by atoms with Crippen molar-refractivity contribution in [3.63, 3.8) is 0 Å². The molecule has 0 radical (unpaired) electrons. The Bertz CT molecular complexity index is 515. The van der Waals surface area contributed by atoms with Crippen LogP contribution in [0.1, 0.15) is 12.5 Å². The van der Waals surface area contributed by atoms with Gasteiger partial charge in [0.05, 0.1) is 18.9 Å². The van der Waals surface area contributed by atoms with Gasteiger partial charge in [0.1, 0.15) is 0 Å². The Kier molecular flexibility index (Phi) is 4.93. The van der Waals surface area contributed by atoms with Crippen LogP contribution < -0.4 is 9.44 Å². The zero-order valence-corrected chi connectivity index (χ0v) is 10.5. The van der Waals surface area contributed by atoms with Crippen LogP contribution in [0.15, 0.2) is 24.3 Å². The molecule has 0 spiro atoms. The standard InChI is InChI=1S/C10H14N2O5S/c1-2-17-10(14)12-18(15,16)11-9-6-4-3-5-8(9)7-13/h3-6,11,13H,2,7H2,1H3,(H,12,14). The number of carbonyl (C=O) groups is 1. The SMILES string of the molecule is CCOC(=O)NS(=O)(=O)Nc1ccccc1CO. The minimum Gasteiger partial charge on any atom is -0.449 e. The van der Waals surface area contributed by atoms with Gasteiger partial charge in [-0.05, 0) is 13.0 Å². The largest absolute Gasteiger partial charge is 0.449 e. The molecule has 1 aromatic carbocycles. The van der Waals surface area contributed by atoms with E-state index in [0.29, 0.717) is 5.56 Å². The second-order valence-corrected chi connectivity index (χ2v) is 4.66. The predicted octanol–water partition coefficient (Wildman–Crippen LogP) is 0.582. The number of hydrogen-bond acceptors (Lipinski definition) is 5. The molecule has 0 aromatic heterocycles. The zero-order chi connectivity index (χ0) is 13.6. The number of amides is 1. The average molecular weight is 274 g/mol. The summed E-state index contributed by atoms with van der Waals surface area (Å²) in [6.07, 6.45) is -1.06. The highest BCUT2D eigenvalue weighted by atomic mass is 32.2. The van der Waals surface area contributed by atoms with Crippen molar-refractivity contribution < 1.29 is 23.1 Å². The summed E-state index contributed by atoms with van der Waals surface area (Å²) < 4.78 is 31.4. The van der Waals surface area contributed by atoms with E-state index in [-0.39, 0.29) is 18.9 Å². The molecule has 0 fully saturated rings. The number of rotatable bonds is 5. The van der Waals surface area contributed by atoms with Crippen LogP contribution in [-0.2, 0) is 21.6 Å². The third-order valence-corrected chi connectivity index (χ3v) is 2.85. The lowest BCUT2D eigenvalue weighted by Crippen LogP contribution is -2.35. The fourth-order valence-electron chi connectivity index (χ4n) is 1.20. The smallest absolute Gasteiger partial charge is 0.422 e. The molecule has 0 aliphatic carbocycles. The van der Waals surface area contributed by atoms with Crippen molar-refractivity contribution in [1.82, 2.24) is 4.72 Å². The number of benzene rings is 1. The first-order chi connectivity index (χ1) is 8.48. The Morgan fingerprint density at radius 1 is 1.39 bits per heavy atom. The zero-order valence-electron chi connectivity index (χ0n) is 9.71. The predicted molar refractivity (Wildman–Crippen MR) is 65.1 cm³/mol. The Morgan fingerprint density at radius 2 is 2.06 bits per heavy atom. The van der Waals surface area contributed by atoms with Crippen LogP contribution in [0.3, 0.4) is 0 Å². The van der Waals surface area contributed by atoms with Gasteiger partial charge in [-0.25, -0.2) is 9.52 Å². The van der Waals surface area contributed by atoms with Crippen molar-refractivity contribution in [3.05, 3.63) is 29.8 Å². The first-order valence-corrected chi connectivity index (χ1v) is 6.63. The lowest BCUT2D eigenvalue weighted by molar-refractivity contribution is 0.159. The van der Waals surface area contributed by atoms with Crippen LogP contribution in [0.4, 0.5) is 10.5 Å². The fraction of sp³-hybridized carbons (Fsp3) is 0.300. The van der Waals surface area contributed by atoms with E-state index in [9.17, 15) is 13.2 Å². The van der Waals surface area contributed by atoms with Crippen molar-refractivity contribution in [2.24, 2.45) is 0 Å². The molecule has 0 saturated heterocycles. The molecule has 0 aliphatic heterocycles. The summed E-state index contributed by atoms with van der Waals surface area (Å²) >= 11 is 0. The van der Waals surface area contributed by atoms with Gasteiger partial charge in [0.2, 0.25) is 0 Å². The van der Waals surface area contributed by atoms with E-state index in [1.165, 1.54) is 6.07 Å². The summed E-state index contributed by atoms with van der Waals surface area (Å²) in [5, 5.41) is 9.03. The van der Waals surface area contributed by atoms with Gasteiger partial charge in [-0.1, -0.05) is 18.2 Å². The summed E-state index contributed by atoms with van der Waals surface area (Å²) in [6.45, 7) is 1.30. The molecule has 100 valence electrons. The Labute approximate surface area is 105 Å². The minimum absolute atomic E-state index is 0.0641. The Hall–Kier alpha value is -1.80. The Balaban J connectivity index is 2.79. The number of hydrogen-bond donors (Lipinski definition) is 3. The van der Waals surface area contributed by atoms with E-state index in [4.69, 9.17) is 5.11 Å². The third-order valence-electron chi connectivity index (χ3n) is 1.93. The van der Waals surface area contributed by atoms with Gasteiger partial charge in [-0.2, -0.15) is 8.42 Å². The molecule has 1 aromatic rings. The number of ether oxygens (including phenoxy) is 1. The van der Waals surface area contributed by atoms with Gasteiger partial charge in [-0.3, -0.25) is 4.72 Å². The van der Waals surface area contributed by atoms with E-state index in [1.54, 1.807) is 29.8 Å². The molecule has 7 nitrogen and oxygen atoms in total. The quantitative estimate of drug-likeness (QED) is 0.728. The number of para-hydroxylation sites is 1. The maximum atomic E-state index is 11.5. The summed E-state index contributed by atoms with van der Waals surface area (Å²) in [6, 6.07) is 6.28. The first-order valence-electron chi connectivity index (χ1n) is 5.14. The lowest BCUT2D eigenvalue weighted by atomic mass is 10.2. The molecule has 1 amide bonds. The highest BCUT2D eigenvalue weighted by Crippen LogP contribution is 2.15. The molecular formula is C10H14N2O5S. The molecular weight excluding hydrogens is 260 g/mol. The first kappa shape index (κ1) is 14.3. The average Bonchev–Trinajstić information content (AvgIpc) is 2.28. The van der Waals surface area contributed by atoms with Crippen molar-refractivity contribution in [2.75, 3.05) is 11.3 Å². The summed E-state index contributed by atoms with van der Waals surface area (Å²) in [5.41, 5.74) is 0.587. The molecule has 0 saturated carbocycles. The molecule has 0 unspecified atom stereocenters. The maximum absolute atomic E-state index is 11.5. The molecule has 0 aliphatic rings. The van der Waals surface area contributed by atoms with E-state index in [0.717, 1.165) is 0 Å². The number of aliphatic hydroxyl groups is 1. The molecule has 0 bridgehead atoms. The van der Waals surface area contributed by atoms with Crippen LogP contribution in [0, 0.1) is 0 Å². The summed E-state index contributed by atoms with van der Waals surface area (Å²) in [7, 11) is -4.07. The molecule has 0 heterocycles. The molecule has 8 heteroatoms. The summed E-state index contributed by atoms with van der Waals surface area (Å²) in [4.78, 5) is 11.0. The van der Waals surface area contributed by atoms with Gasteiger partial charge in [0.15, 0.2) is 0 Å². The second kappa shape index (κ2) is 6.22. The van der Waals surface area contributed by atoms with Crippen molar-refractivity contribution in [1.29, 1.82) is 0 Å².